The third kappa shape index (κ3) is 4.66. The maximum Gasteiger partial charge on any atom is 0.251 e. The van der Waals surface area contributed by atoms with Crippen LogP contribution in [-0.4, -0.2) is 10.9 Å². The molecule has 0 saturated carbocycles. The summed E-state index contributed by atoms with van der Waals surface area (Å²) in [5.41, 5.74) is 6.19. The van der Waals surface area contributed by atoms with Crippen molar-refractivity contribution < 1.29 is 4.79 Å². The molecule has 1 amide bonds. The standard InChI is InChI=1S/C26H24N2OS/c1-18(2)20-12-14-22(15-13-20)25(29)27-16-19-8-10-23(11-9-19)26-28-24(17-30-26)21-6-4-3-5-7-21/h3-15,17-18H,16H2,1-2H3,(H,27,29). The molecule has 0 fully saturated rings. The molecular weight excluding hydrogens is 388 g/mol. The van der Waals surface area contributed by atoms with Crippen LogP contribution >= 0.6 is 11.3 Å². The Balaban J connectivity index is 1.38. The zero-order chi connectivity index (χ0) is 20.9. The average Bonchev–Trinajstić information content (AvgIpc) is 3.29. The number of hydrogen-bond acceptors (Lipinski definition) is 3. The van der Waals surface area contributed by atoms with Gasteiger partial charge < -0.3 is 5.32 Å². The van der Waals surface area contributed by atoms with E-state index in [0.29, 0.717) is 18.0 Å². The van der Waals surface area contributed by atoms with Crippen LogP contribution in [-0.2, 0) is 6.54 Å². The highest BCUT2D eigenvalue weighted by Gasteiger charge is 2.08. The van der Waals surface area contributed by atoms with Gasteiger partial charge in [-0.3, -0.25) is 4.79 Å². The Morgan fingerprint density at radius 2 is 1.60 bits per heavy atom. The van der Waals surface area contributed by atoms with E-state index in [2.05, 4.69) is 48.8 Å². The number of amides is 1. The second-order valence-electron chi connectivity index (χ2n) is 7.56. The number of carbonyl (C=O) groups excluding carboxylic acids is 1. The lowest BCUT2D eigenvalue weighted by Gasteiger charge is -2.08. The summed E-state index contributed by atoms with van der Waals surface area (Å²) in [6.07, 6.45) is 0. The van der Waals surface area contributed by atoms with E-state index in [9.17, 15) is 4.79 Å². The highest BCUT2D eigenvalue weighted by atomic mass is 32.1. The molecule has 1 N–H and O–H groups in total. The van der Waals surface area contributed by atoms with Crippen molar-refractivity contribution in [1.29, 1.82) is 0 Å². The highest BCUT2D eigenvalue weighted by Crippen LogP contribution is 2.28. The second-order valence-corrected chi connectivity index (χ2v) is 8.42. The van der Waals surface area contributed by atoms with Crippen LogP contribution in [0.4, 0.5) is 0 Å². The number of rotatable bonds is 6. The van der Waals surface area contributed by atoms with Crippen LogP contribution in [0.5, 0.6) is 0 Å². The molecular formula is C26H24N2OS. The van der Waals surface area contributed by atoms with E-state index >= 15 is 0 Å². The maximum absolute atomic E-state index is 12.4. The van der Waals surface area contributed by atoms with Gasteiger partial charge in [0.2, 0.25) is 0 Å². The Labute approximate surface area is 181 Å². The van der Waals surface area contributed by atoms with Crippen molar-refractivity contribution >= 4 is 17.2 Å². The second kappa shape index (κ2) is 9.06. The van der Waals surface area contributed by atoms with Crippen molar-refractivity contribution in [2.45, 2.75) is 26.3 Å². The highest BCUT2D eigenvalue weighted by molar-refractivity contribution is 7.13. The number of hydrogen-bond donors (Lipinski definition) is 1. The summed E-state index contributed by atoms with van der Waals surface area (Å²) in [6.45, 7) is 4.79. The predicted octanol–water partition coefficient (Wildman–Crippen LogP) is 6.53. The Morgan fingerprint density at radius 3 is 2.27 bits per heavy atom. The van der Waals surface area contributed by atoms with Gasteiger partial charge in [0.1, 0.15) is 5.01 Å². The molecule has 3 nitrogen and oxygen atoms in total. The first-order valence-electron chi connectivity index (χ1n) is 10.1. The summed E-state index contributed by atoms with van der Waals surface area (Å²) in [4.78, 5) is 17.2. The summed E-state index contributed by atoms with van der Waals surface area (Å²) < 4.78 is 0. The van der Waals surface area contributed by atoms with Crippen molar-refractivity contribution in [1.82, 2.24) is 10.3 Å². The first-order valence-corrected chi connectivity index (χ1v) is 11.0. The molecule has 0 aliphatic carbocycles. The predicted molar refractivity (Wildman–Crippen MR) is 125 cm³/mol. The molecule has 30 heavy (non-hydrogen) atoms. The first kappa shape index (κ1) is 20.0. The minimum Gasteiger partial charge on any atom is -0.348 e. The molecule has 3 aromatic carbocycles. The molecule has 0 radical (unpaired) electrons. The van der Waals surface area contributed by atoms with Crippen molar-refractivity contribution in [2.24, 2.45) is 0 Å². The van der Waals surface area contributed by atoms with Gasteiger partial charge in [-0.25, -0.2) is 4.98 Å². The number of nitrogens with zero attached hydrogens (tertiary/aromatic N) is 1. The van der Waals surface area contributed by atoms with Crippen LogP contribution in [0.15, 0.2) is 84.2 Å². The van der Waals surface area contributed by atoms with Gasteiger partial charge in [-0.15, -0.1) is 11.3 Å². The van der Waals surface area contributed by atoms with Gasteiger partial charge in [0.05, 0.1) is 5.69 Å². The van der Waals surface area contributed by atoms with E-state index in [4.69, 9.17) is 4.98 Å². The Kier molecular flexibility index (Phi) is 6.05. The zero-order valence-electron chi connectivity index (χ0n) is 17.1. The molecule has 0 spiro atoms. The monoisotopic (exact) mass is 412 g/mol. The first-order chi connectivity index (χ1) is 14.6. The molecule has 4 heteroatoms. The van der Waals surface area contributed by atoms with E-state index in [-0.39, 0.29) is 5.91 Å². The fourth-order valence-corrected chi connectivity index (χ4v) is 4.05. The van der Waals surface area contributed by atoms with Gasteiger partial charge in [0.15, 0.2) is 0 Å². The van der Waals surface area contributed by atoms with Gasteiger partial charge in [0, 0.05) is 28.6 Å². The molecule has 1 heterocycles. The average molecular weight is 413 g/mol. The van der Waals surface area contributed by atoms with Crippen LogP contribution in [0.1, 0.15) is 41.3 Å². The lowest BCUT2D eigenvalue weighted by atomic mass is 10.0. The van der Waals surface area contributed by atoms with Crippen molar-refractivity contribution in [2.75, 3.05) is 0 Å². The van der Waals surface area contributed by atoms with Crippen LogP contribution in [0.3, 0.4) is 0 Å². The molecule has 0 saturated heterocycles. The number of aromatic nitrogens is 1. The molecule has 1 aromatic heterocycles. The quantitative estimate of drug-likeness (QED) is 0.391. The molecule has 0 unspecified atom stereocenters. The summed E-state index contributed by atoms with van der Waals surface area (Å²) >= 11 is 1.64. The summed E-state index contributed by atoms with van der Waals surface area (Å²) in [5.74, 6) is 0.407. The Morgan fingerprint density at radius 1 is 0.900 bits per heavy atom. The molecule has 150 valence electrons. The summed E-state index contributed by atoms with van der Waals surface area (Å²) in [5, 5.41) is 6.08. The third-order valence-corrected chi connectivity index (χ3v) is 5.96. The largest absolute Gasteiger partial charge is 0.348 e. The van der Waals surface area contributed by atoms with Gasteiger partial charge in [0.25, 0.3) is 5.91 Å². The fourth-order valence-electron chi connectivity index (χ4n) is 3.22. The van der Waals surface area contributed by atoms with Crippen LogP contribution < -0.4 is 5.32 Å². The minimum absolute atomic E-state index is 0.0539. The topological polar surface area (TPSA) is 42.0 Å². The lowest BCUT2D eigenvalue weighted by Crippen LogP contribution is -2.22. The van der Waals surface area contributed by atoms with E-state index in [1.165, 1.54) is 5.56 Å². The van der Waals surface area contributed by atoms with Crippen molar-refractivity contribution in [3.8, 4) is 21.8 Å². The number of thiazole rings is 1. The van der Waals surface area contributed by atoms with E-state index in [0.717, 1.165) is 27.4 Å². The van der Waals surface area contributed by atoms with Gasteiger partial charge >= 0.3 is 0 Å². The van der Waals surface area contributed by atoms with E-state index < -0.39 is 0 Å². The van der Waals surface area contributed by atoms with Crippen molar-refractivity contribution in [3.05, 3.63) is 101 Å². The Hall–Kier alpha value is -3.24. The SMILES string of the molecule is CC(C)c1ccc(C(=O)NCc2ccc(-c3nc(-c4ccccc4)cs3)cc2)cc1. The van der Waals surface area contributed by atoms with Crippen LogP contribution in [0, 0.1) is 0 Å². The van der Waals surface area contributed by atoms with E-state index in [1.54, 1.807) is 11.3 Å². The van der Waals surface area contributed by atoms with E-state index in [1.807, 2.05) is 54.6 Å². The fraction of sp³-hybridized carbons (Fsp3) is 0.154. The Bertz CT molecular complexity index is 1110. The molecule has 0 aliphatic heterocycles. The molecule has 0 aliphatic rings. The van der Waals surface area contributed by atoms with Crippen molar-refractivity contribution in [3.63, 3.8) is 0 Å². The number of benzene rings is 3. The normalized spacial score (nSPS) is 10.9. The maximum atomic E-state index is 12.4. The summed E-state index contributed by atoms with van der Waals surface area (Å²) in [7, 11) is 0. The molecule has 4 aromatic rings. The third-order valence-electron chi connectivity index (χ3n) is 5.07. The summed E-state index contributed by atoms with van der Waals surface area (Å²) in [6, 6.07) is 26.2. The molecule has 4 rings (SSSR count). The van der Waals surface area contributed by atoms with Gasteiger partial charge in [-0.05, 0) is 29.2 Å². The smallest absolute Gasteiger partial charge is 0.251 e. The molecule has 0 atom stereocenters. The van der Waals surface area contributed by atoms with Gasteiger partial charge in [-0.1, -0.05) is 80.6 Å². The minimum atomic E-state index is -0.0539. The molecule has 0 bridgehead atoms. The lowest BCUT2D eigenvalue weighted by molar-refractivity contribution is 0.0951. The number of nitrogens with one attached hydrogen (secondary N) is 1. The van der Waals surface area contributed by atoms with Gasteiger partial charge in [-0.2, -0.15) is 0 Å². The zero-order valence-corrected chi connectivity index (χ0v) is 17.9. The number of carbonyl (C=O) groups is 1. The van der Waals surface area contributed by atoms with Crippen LogP contribution in [0.25, 0.3) is 21.8 Å². The van der Waals surface area contributed by atoms with Crippen LogP contribution in [0.2, 0.25) is 0 Å².